The molecule has 1 heterocycles. The molecule has 0 aliphatic carbocycles. The van der Waals surface area contributed by atoms with Crippen LogP contribution in [0.4, 0.5) is 4.79 Å². The number of likely N-dealkylation sites (tertiary alicyclic amines) is 1. The molecule has 0 saturated carbocycles. The van der Waals surface area contributed by atoms with Crippen LogP contribution in [0, 0.1) is 11.8 Å². The second-order valence-corrected chi connectivity index (χ2v) is 7.87. The third kappa shape index (κ3) is 10.0. The predicted molar refractivity (Wildman–Crippen MR) is 104 cm³/mol. The van der Waals surface area contributed by atoms with Gasteiger partial charge in [-0.3, -0.25) is 4.79 Å². The van der Waals surface area contributed by atoms with Gasteiger partial charge in [-0.15, -0.1) is 0 Å². The lowest BCUT2D eigenvalue weighted by molar-refractivity contribution is -0.150. The van der Waals surface area contributed by atoms with Gasteiger partial charge in [0.15, 0.2) is 0 Å². The van der Waals surface area contributed by atoms with Gasteiger partial charge in [-0.1, -0.05) is 65.7 Å². The molecule has 152 valence electrons. The van der Waals surface area contributed by atoms with Crippen LogP contribution >= 0.6 is 0 Å². The Morgan fingerprint density at radius 1 is 0.923 bits per heavy atom. The van der Waals surface area contributed by atoms with Crippen molar-refractivity contribution in [3.63, 3.8) is 0 Å². The number of carbonyl (C=O) groups excluding carboxylic acids is 2. The van der Waals surface area contributed by atoms with Crippen molar-refractivity contribution in [2.75, 3.05) is 26.3 Å². The highest BCUT2D eigenvalue weighted by Gasteiger charge is 2.29. The number of hydrogen-bond donors (Lipinski definition) is 0. The quantitative estimate of drug-likeness (QED) is 0.351. The summed E-state index contributed by atoms with van der Waals surface area (Å²) >= 11 is 0. The van der Waals surface area contributed by atoms with E-state index >= 15 is 0 Å². The van der Waals surface area contributed by atoms with Crippen LogP contribution in [0.25, 0.3) is 0 Å². The second kappa shape index (κ2) is 13.9. The molecule has 0 spiro atoms. The van der Waals surface area contributed by atoms with E-state index in [0.717, 1.165) is 12.8 Å². The van der Waals surface area contributed by atoms with Gasteiger partial charge in [-0.2, -0.15) is 0 Å². The molecule has 0 bridgehead atoms. The summed E-state index contributed by atoms with van der Waals surface area (Å²) in [6.45, 7) is 8.40. The first kappa shape index (κ1) is 22.8. The SMILES string of the molecule is CCCCCCCCCCOC(=O)C1CCN(C(=O)OCC(C)C)CC1. The topological polar surface area (TPSA) is 55.8 Å². The summed E-state index contributed by atoms with van der Waals surface area (Å²) in [5.41, 5.74) is 0. The smallest absolute Gasteiger partial charge is 0.409 e. The van der Waals surface area contributed by atoms with Gasteiger partial charge in [-0.05, 0) is 25.2 Å². The molecule has 5 nitrogen and oxygen atoms in total. The number of nitrogens with zero attached hydrogens (tertiary/aromatic N) is 1. The summed E-state index contributed by atoms with van der Waals surface area (Å²) in [5.74, 6) is 0.171. The van der Waals surface area contributed by atoms with Gasteiger partial charge in [-0.25, -0.2) is 4.79 Å². The maximum atomic E-state index is 12.1. The molecule has 0 N–H and O–H groups in total. The Hall–Kier alpha value is -1.26. The van der Waals surface area contributed by atoms with E-state index < -0.39 is 0 Å². The summed E-state index contributed by atoms with van der Waals surface area (Å²) in [6.07, 6.45) is 11.0. The van der Waals surface area contributed by atoms with E-state index in [9.17, 15) is 9.59 Å². The zero-order chi connectivity index (χ0) is 19.2. The lowest BCUT2D eigenvalue weighted by Gasteiger charge is -2.30. The molecule has 0 unspecified atom stereocenters. The Morgan fingerprint density at radius 3 is 2.08 bits per heavy atom. The molecule has 1 amide bonds. The lowest BCUT2D eigenvalue weighted by atomic mass is 9.97. The number of amides is 1. The average molecular weight is 370 g/mol. The molecule has 0 aromatic rings. The number of piperidine rings is 1. The zero-order valence-corrected chi connectivity index (χ0v) is 17.1. The molecule has 26 heavy (non-hydrogen) atoms. The Kier molecular flexibility index (Phi) is 12.2. The van der Waals surface area contributed by atoms with Crippen molar-refractivity contribution >= 4 is 12.1 Å². The van der Waals surface area contributed by atoms with Gasteiger partial charge in [0.2, 0.25) is 0 Å². The Morgan fingerprint density at radius 2 is 1.50 bits per heavy atom. The van der Waals surface area contributed by atoms with Gasteiger partial charge in [0, 0.05) is 13.1 Å². The summed E-state index contributed by atoms with van der Waals surface area (Å²) in [6, 6.07) is 0. The van der Waals surface area contributed by atoms with Crippen molar-refractivity contribution in [1.29, 1.82) is 0 Å². The van der Waals surface area contributed by atoms with E-state index in [1.165, 1.54) is 38.5 Å². The highest BCUT2D eigenvalue weighted by molar-refractivity contribution is 5.73. The van der Waals surface area contributed by atoms with Crippen LogP contribution in [0.5, 0.6) is 0 Å². The van der Waals surface area contributed by atoms with E-state index in [1.54, 1.807) is 4.90 Å². The largest absolute Gasteiger partial charge is 0.465 e. The Balaban J connectivity index is 2.04. The summed E-state index contributed by atoms with van der Waals surface area (Å²) in [7, 11) is 0. The number of unbranched alkanes of at least 4 members (excludes halogenated alkanes) is 7. The van der Waals surface area contributed by atoms with Crippen molar-refractivity contribution in [2.45, 2.75) is 85.0 Å². The van der Waals surface area contributed by atoms with Crippen LogP contribution in [-0.4, -0.2) is 43.3 Å². The molecule has 1 rings (SSSR count). The van der Waals surface area contributed by atoms with Crippen LogP contribution in [-0.2, 0) is 14.3 Å². The molecule has 1 fully saturated rings. The number of carbonyl (C=O) groups is 2. The number of ether oxygens (including phenoxy) is 2. The fraction of sp³-hybridized carbons (Fsp3) is 0.905. The third-order valence-electron chi connectivity index (χ3n) is 4.87. The van der Waals surface area contributed by atoms with E-state index in [4.69, 9.17) is 9.47 Å². The average Bonchev–Trinajstić information content (AvgIpc) is 2.64. The van der Waals surface area contributed by atoms with E-state index in [-0.39, 0.29) is 18.0 Å². The summed E-state index contributed by atoms with van der Waals surface area (Å²) in [4.78, 5) is 25.8. The fourth-order valence-electron chi connectivity index (χ4n) is 3.15. The Bertz CT molecular complexity index is 389. The monoisotopic (exact) mass is 369 g/mol. The predicted octanol–water partition coefficient (Wildman–Crippen LogP) is 5.17. The van der Waals surface area contributed by atoms with Gasteiger partial charge in [0.05, 0.1) is 19.1 Å². The maximum absolute atomic E-state index is 12.1. The molecule has 1 aliphatic heterocycles. The first-order chi connectivity index (χ1) is 12.5. The van der Waals surface area contributed by atoms with Crippen molar-refractivity contribution < 1.29 is 19.1 Å². The van der Waals surface area contributed by atoms with Gasteiger partial charge in [0.1, 0.15) is 0 Å². The molecular weight excluding hydrogens is 330 g/mol. The summed E-state index contributed by atoms with van der Waals surface area (Å²) < 4.78 is 10.7. The van der Waals surface area contributed by atoms with E-state index in [0.29, 0.717) is 45.1 Å². The molecule has 0 radical (unpaired) electrons. The third-order valence-corrected chi connectivity index (χ3v) is 4.87. The highest BCUT2D eigenvalue weighted by Crippen LogP contribution is 2.19. The molecule has 0 atom stereocenters. The maximum Gasteiger partial charge on any atom is 0.409 e. The molecule has 0 aromatic carbocycles. The molecule has 5 heteroatoms. The van der Waals surface area contributed by atoms with Crippen LogP contribution in [0.15, 0.2) is 0 Å². The fourth-order valence-corrected chi connectivity index (χ4v) is 3.15. The highest BCUT2D eigenvalue weighted by atomic mass is 16.6. The first-order valence-corrected chi connectivity index (χ1v) is 10.6. The number of esters is 1. The van der Waals surface area contributed by atoms with Crippen LogP contribution < -0.4 is 0 Å². The summed E-state index contributed by atoms with van der Waals surface area (Å²) in [5, 5.41) is 0. The number of rotatable bonds is 12. The van der Waals surface area contributed by atoms with Gasteiger partial charge < -0.3 is 14.4 Å². The van der Waals surface area contributed by atoms with Crippen molar-refractivity contribution in [3.8, 4) is 0 Å². The molecular formula is C21H39NO4. The minimum Gasteiger partial charge on any atom is -0.465 e. The second-order valence-electron chi connectivity index (χ2n) is 7.87. The van der Waals surface area contributed by atoms with Crippen LogP contribution in [0.3, 0.4) is 0 Å². The van der Waals surface area contributed by atoms with Gasteiger partial charge in [0.25, 0.3) is 0 Å². The van der Waals surface area contributed by atoms with Crippen LogP contribution in [0.1, 0.15) is 85.0 Å². The normalized spacial score (nSPS) is 15.3. The molecule has 1 saturated heterocycles. The lowest BCUT2D eigenvalue weighted by Crippen LogP contribution is -2.41. The van der Waals surface area contributed by atoms with E-state index in [2.05, 4.69) is 6.92 Å². The van der Waals surface area contributed by atoms with E-state index in [1.807, 2.05) is 13.8 Å². The molecule has 1 aliphatic rings. The molecule has 0 aromatic heterocycles. The standard InChI is InChI=1S/C21H39NO4/c1-4-5-6-7-8-9-10-11-16-25-20(23)19-12-14-22(15-13-19)21(24)26-17-18(2)3/h18-19H,4-17H2,1-3H3. The zero-order valence-electron chi connectivity index (χ0n) is 17.1. The number of hydrogen-bond acceptors (Lipinski definition) is 4. The van der Waals surface area contributed by atoms with Crippen molar-refractivity contribution in [2.24, 2.45) is 11.8 Å². The minimum atomic E-state index is -0.260. The first-order valence-electron chi connectivity index (χ1n) is 10.6. The minimum absolute atomic E-state index is 0.0711. The van der Waals surface area contributed by atoms with Crippen molar-refractivity contribution in [3.05, 3.63) is 0 Å². The Labute approximate surface area is 159 Å². The van der Waals surface area contributed by atoms with Crippen molar-refractivity contribution in [1.82, 2.24) is 4.90 Å². The van der Waals surface area contributed by atoms with Crippen LogP contribution in [0.2, 0.25) is 0 Å². The van der Waals surface area contributed by atoms with Gasteiger partial charge >= 0.3 is 12.1 Å².